The van der Waals surface area contributed by atoms with Crippen LogP contribution in [0.25, 0.3) is 0 Å². The minimum atomic E-state index is -4.75. The van der Waals surface area contributed by atoms with E-state index in [9.17, 15) is 19.3 Å². The number of phosphoric ester groups is 1. The van der Waals surface area contributed by atoms with Gasteiger partial charge in [0, 0.05) is 40.7 Å². The molecule has 1 unspecified atom stereocenters. The Balaban J connectivity index is 2.23. The lowest BCUT2D eigenvalue weighted by Gasteiger charge is -2.19. The lowest BCUT2D eigenvalue weighted by molar-refractivity contribution is -0.0451. The fourth-order valence-electron chi connectivity index (χ4n) is 2.83. The molecule has 1 aromatic rings. The fourth-order valence-corrected chi connectivity index (χ4v) is 5.27. The van der Waals surface area contributed by atoms with Crippen molar-refractivity contribution < 1.29 is 38.9 Å². The fraction of sp³-hybridized carbons (Fsp3) is 0.733. The number of nitrogens with one attached hydrogen (secondary N) is 1. The van der Waals surface area contributed by atoms with Gasteiger partial charge in [0.1, 0.15) is 12.3 Å². The van der Waals surface area contributed by atoms with Crippen molar-refractivity contribution in [3.05, 3.63) is 32.6 Å². The van der Waals surface area contributed by atoms with Gasteiger partial charge in [0.05, 0.1) is 25.9 Å². The van der Waals surface area contributed by atoms with Crippen molar-refractivity contribution in [2.75, 3.05) is 37.1 Å². The normalized spacial score (nSPS) is 23.0. The number of aromatic nitrogens is 2. The van der Waals surface area contributed by atoms with Crippen LogP contribution in [0.5, 0.6) is 0 Å². The third-order valence-electron chi connectivity index (χ3n) is 4.18. The van der Waals surface area contributed by atoms with Gasteiger partial charge in [0.2, 0.25) is 0 Å². The highest BCUT2D eigenvalue weighted by atomic mass is 32.2. The summed E-state index contributed by atoms with van der Waals surface area (Å²) in [6.07, 6.45) is -1.89. The molecule has 0 radical (unpaired) electrons. The van der Waals surface area contributed by atoms with Crippen LogP contribution < -0.4 is 11.2 Å². The van der Waals surface area contributed by atoms with E-state index in [0.29, 0.717) is 17.3 Å². The van der Waals surface area contributed by atoms with E-state index in [1.54, 1.807) is 0 Å². The summed E-state index contributed by atoms with van der Waals surface area (Å²) >= 11 is 2.74. The lowest BCUT2D eigenvalue weighted by Crippen LogP contribution is -2.35. The second-order valence-electron chi connectivity index (χ2n) is 6.35. The number of phosphoric acid groups is 1. The van der Waals surface area contributed by atoms with Crippen LogP contribution in [0.4, 0.5) is 0 Å². The average molecular weight is 488 g/mol. The SMILES string of the molecule is O=c1[nH]c(=O)n([C@@H]2C[C@H](O)[C@@H](COP(=O)(O)O)O2)cc1C(CSCCO)SCCO. The highest BCUT2D eigenvalue weighted by molar-refractivity contribution is 8.03. The number of ether oxygens (including phenoxy) is 1. The molecule has 1 saturated heterocycles. The zero-order valence-electron chi connectivity index (χ0n) is 15.8. The third-order valence-corrected chi connectivity index (χ3v) is 7.16. The van der Waals surface area contributed by atoms with Crippen LogP contribution >= 0.6 is 31.3 Å². The smallest absolute Gasteiger partial charge is 0.396 e. The van der Waals surface area contributed by atoms with Crippen molar-refractivity contribution in [1.29, 1.82) is 0 Å². The summed E-state index contributed by atoms with van der Waals surface area (Å²) in [5, 5.41) is 27.8. The van der Waals surface area contributed by atoms with Crippen LogP contribution in [-0.2, 0) is 13.8 Å². The van der Waals surface area contributed by atoms with E-state index in [4.69, 9.17) is 24.7 Å². The molecule has 6 N–H and O–H groups in total. The van der Waals surface area contributed by atoms with Crippen molar-refractivity contribution in [3.8, 4) is 0 Å². The number of hydrogen-bond acceptors (Lipinski definition) is 10. The third kappa shape index (κ3) is 7.48. The number of aliphatic hydroxyl groups is 3. The van der Waals surface area contributed by atoms with Crippen molar-refractivity contribution in [1.82, 2.24) is 9.55 Å². The van der Waals surface area contributed by atoms with Crippen LogP contribution in [0.1, 0.15) is 23.5 Å². The number of aromatic amines is 1. The molecule has 0 bridgehead atoms. The Morgan fingerprint density at radius 1 is 1.30 bits per heavy atom. The van der Waals surface area contributed by atoms with Gasteiger partial charge < -0.3 is 29.8 Å². The van der Waals surface area contributed by atoms with Crippen LogP contribution in [0.2, 0.25) is 0 Å². The number of H-pyrrole nitrogens is 1. The van der Waals surface area contributed by atoms with Gasteiger partial charge in [0.15, 0.2) is 0 Å². The van der Waals surface area contributed by atoms with Crippen LogP contribution in [0, 0.1) is 0 Å². The Morgan fingerprint density at radius 2 is 2.00 bits per heavy atom. The number of rotatable bonds is 12. The maximum atomic E-state index is 12.4. The summed E-state index contributed by atoms with van der Waals surface area (Å²) in [7, 11) is -4.75. The highest BCUT2D eigenvalue weighted by Gasteiger charge is 2.37. The van der Waals surface area contributed by atoms with Crippen LogP contribution in [-0.4, -0.2) is 83.9 Å². The summed E-state index contributed by atoms with van der Waals surface area (Å²) in [5.74, 6) is 1.29. The Labute approximate surface area is 179 Å². The number of hydrogen-bond donors (Lipinski definition) is 6. The first kappa shape index (κ1) is 25.6. The Bertz CT molecular complexity index is 843. The molecule has 2 rings (SSSR count). The van der Waals surface area contributed by atoms with Gasteiger partial charge in [0.25, 0.3) is 5.56 Å². The van der Waals surface area contributed by atoms with Gasteiger partial charge in [-0.3, -0.25) is 18.9 Å². The van der Waals surface area contributed by atoms with E-state index in [2.05, 4.69) is 9.51 Å². The van der Waals surface area contributed by atoms with Gasteiger partial charge in [-0.2, -0.15) is 23.5 Å². The van der Waals surface area contributed by atoms with Gasteiger partial charge in [-0.25, -0.2) is 9.36 Å². The van der Waals surface area contributed by atoms with Crippen LogP contribution in [0.3, 0.4) is 0 Å². The first-order valence-electron chi connectivity index (χ1n) is 8.96. The zero-order chi connectivity index (χ0) is 22.3. The van der Waals surface area contributed by atoms with E-state index in [-0.39, 0.29) is 30.4 Å². The largest absolute Gasteiger partial charge is 0.469 e. The average Bonchev–Trinajstić information content (AvgIpc) is 3.03. The molecule has 2 heterocycles. The Morgan fingerprint density at radius 3 is 2.63 bits per heavy atom. The lowest BCUT2D eigenvalue weighted by atomic mass is 10.2. The maximum Gasteiger partial charge on any atom is 0.469 e. The summed E-state index contributed by atoms with van der Waals surface area (Å²) in [6.45, 7) is -0.688. The number of thioether (sulfide) groups is 2. The molecule has 0 spiro atoms. The number of nitrogens with zero attached hydrogens (tertiary/aromatic N) is 1. The van der Waals surface area contributed by atoms with E-state index in [0.717, 1.165) is 4.57 Å². The standard InChI is InChI=1S/C15H25N2O10PS2/c18-1-3-29-8-12(30-4-2-19)9-6-17(15(22)16-14(9)21)13-5-10(20)11(27-13)7-26-28(23,24)25/h6,10-13,18-20H,1-5,7-8H2,(H,16,21,22)(H2,23,24,25)/t10-,11+,12?,13-/m0/s1. The topological polar surface area (TPSA) is 192 Å². The van der Waals surface area contributed by atoms with Gasteiger partial charge in [-0.15, -0.1) is 0 Å². The van der Waals surface area contributed by atoms with Crippen molar-refractivity contribution in [2.45, 2.75) is 30.1 Å². The summed E-state index contributed by atoms with van der Waals surface area (Å²) in [6, 6.07) is 0. The first-order chi connectivity index (χ1) is 14.2. The van der Waals surface area contributed by atoms with E-state index in [1.807, 2.05) is 0 Å². The molecule has 0 saturated carbocycles. The van der Waals surface area contributed by atoms with E-state index < -0.39 is 44.1 Å². The summed E-state index contributed by atoms with van der Waals surface area (Å²) < 4.78 is 21.9. The Kier molecular flexibility index (Phi) is 10.1. The van der Waals surface area contributed by atoms with Crippen molar-refractivity contribution in [2.24, 2.45) is 0 Å². The molecular formula is C15H25N2O10PS2. The van der Waals surface area contributed by atoms with Crippen molar-refractivity contribution >= 4 is 31.3 Å². The molecule has 1 aliphatic rings. The molecule has 15 heteroatoms. The van der Waals surface area contributed by atoms with Crippen molar-refractivity contribution in [3.63, 3.8) is 0 Å². The molecule has 30 heavy (non-hydrogen) atoms. The number of aliphatic hydroxyl groups excluding tert-OH is 3. The predicted octanol–water partition coefficient (Wildman–Crippen LogP) is -1.21. The quantitative estimate of drug-likeness (QED) is 0.152. The first-order valence-corrected chi connectivity index (χ1v) is 12.7. The minimum Gasteiger partial charge on any atom is -0.396 e. The molecule has 0 aliphatic carbocycles. The molecule has 0 amide bonds. The molecule has 12 nitrogen and oxygen atoms in total. The summed E-state index contributed by atoms with van der Waals surface area (Å²) in [4.78, 5) is 44.5. The molecule has 1 aliphatic heterocycles. The molecule has 0 aromatic carbocycles. The molecule has 1 aromatic heterocycles. The van der Waals surface area contributed by atoms with Gasteiger partial charge in [-0.1, -0.05) is 0 Å². The monoisotopic (exact) mass is 488 g/mol. The minimum absolute atomic E-state index is 0.0240. The Hall–Kier alpha value is -0.670. The zero-order valence-corrected chi connectivity index (χ0v) is 18.4. The van der Waals surface area contributed by atoms with Gasteiger partial charge in [-0.05, 0) is 0 Å². The van der Waals surface area contributed by atoms with Gasteiger partial charge >= 0.3 is 13.5 Å². The maximum absolute atomic E-state index is 12.4. The molecule has 172 valence electrons. The van der Waals surface area contributed by atoms with E-state index >= 15 is 0 Å². The molecule has 4 atom stereocenters. The molecule has 1 fully saturated rings. The predicted molar refractivity (Wildman–Crippen MR) is 111 cm³/mol. The second kappa shape index (κ2) is 11.8. The second-order valence-corrected chi connectivity index (χ2v) is 10.1. The molecular weight excluding hydrogens is 463 g/mol. The highest BCUT2D eigenvalue weighted by Crippen LogP contribution is 2.38. The van der Waals surface area contributed by atoms with Crippen LogP contribution in [0.15, 0.2) is 15.8 Å². The summed E-state index contributed by atoms with van der Waals surface area (Å²) in [5.41, 5.74) is -1.07. The van der Waals surface area contributed by atoms with E-state index in [1.165, 1.54) is 29.7 Å².